The lowest BCUT2D eigenvalue weighted by Gasteiger charge is -2.05. The van der Waals surface area contributed by atoms with Gasteiger partial charge >= 0.3 is 0 Å². The van der Waals surface area contributed by atoms with E-state index in [0.29, 0.717) is 11.6 Å². The average Bonchev–Trinajstić information content (AvgIpc) is 2.90. The number of thiophene rings is 1. The Hall–Kier alpha value is -2.05. The van der Waals surface area contributed by atoms with Gasteiger partial charge in [-0.05, 0) is 36.8 Å². The predicted octanol–water partition coefficient (Wildman–Crippen LogP) is 3.35. The summed E-state index contributed by atoms with van der Waals surface area (Å²) < 4.78 is 13.0. The van der Waals surface area contributed by atoms with Crippen molar-refractivity contribution >= 4 is 27.4 Å². The molecule has 0 fully saturated rings. The molecule has 0 saturated heterocycles. The lowest BCUT2D eigenvalue weighted by atomic mass is 10.2. The van der Waals surface area contributed by atoms with Crippen LogP contribution in [0.2, 0.25) is 0 Å². The van der Waals surface area contributed by atoms with Crippen LogP contribution in [0.15, 0.2) is 30.3 Å². The molecule has 0 aliphatic heterocycles. The second kappa shape index (κ2) is 5.15. The molecular weight excluding hydrogens is 275 g/mol. The standard InChI is InChI=1S/C14H13FN4S/c1-2-10-7-11-13(19-16)17-12(18-14(11)20-10)8-3-5-9(15)6-4-8/h3-7H,2,16H2,1H3,(H,17,18,19). The number of aryl methyl sites for hydroxylation is 1. The van der Waals surface area contributed by atoms with Crippen molar-refractivity contribution in [2.75, 3.05) is 5.43 Å². The number of rotatable bonds is 3. The summed E-state index contributed by atoms with van der Waals surface area (Å²) in [5.41, 5.74) is 3.37. The number of fused-ring (bicyclic) bond motifs is 1. The van der Waals surface area contributed by atoms with E-state index >= 15 is 0 Å². The number of hydrogen-bond donors (Lipinski definition) is 2. The zero-order valence-electron chi connectivity index (χ0n) is 10.9. The number of nitrogens with one attached hydrogen (secondary N) is 1. The SMILES string of the molecule is CCc1cc2c(NN)nc(-c3ccc(F)cc3)nc2s1. The molecule has 2 heterocycles. The molecule has 20 heavy (non-hydrogen) atoms. The van der Waals surface area contributed by atoms with Crippen LogP contribution < -0.4 is 11.3 Å². The molecule has 0 radical (unpaired) electrons. The van der Waals surface area contributed by atoms with E-state index in [2.05, 4.69) is 22.3 Å². The van der Waals surface area contributed by atoms with Gasteiger partial charge in [-0.1, -0.05) is 6.92 Å². The van der Waals surface area contributed by atoms with Crippen LogP contribution in [0.4, 0.5) is 10.2 Å². The second-order valence-electron chi connectivity index (χ2n) is 4.33. The molecule has 0 amide bonds. The molecule has 0 spiro atoms. The molecular formula is C14H13FN4S. The summed E-state index contributed by atoms with van der Waals surface area (Å²) >= 11 is 1.62. The number of hydrazine groups is 1. The van der Waals surface area contributed by atoms with E-state index in [0.717, 1.165) is 22.2 Å². The van der Waals surface area contributed by atoms with E-state index in [4.69, 9.17) is 5.84 Å². The summed E-state index contributed by atoms with van der Waals surface area (Å²) in [5.74, 6) is 6.39. The first-order chi connectivity index (χ1) is 9.71. The van der Waals surface area contributed by atoms with Gasteiger partial charge in [-0.15, -0.1) is 11.3 Å². The van der Waals surface area contributed by atoms with Crippen LogP contribution in [0.3, 0.4) is 0 Å². The van der Waals surface area contributed by atoms with E-state index in [-0.39, 0.29) is 5.82 Å². The third-order valence-electron chi connectivity index (χ3n) is 3.03. The molecule has 0 aliphatic carbocycles. The van der Waals surface area contributed by atoms with Crippen molar-refractivity contribution in [1.82, 2.24) is 9.97 Å². The van der Waals surface area contributed by atoms with Crippen LogP contribution in [0, 0.1) is 5.82 Å². The first-order valence-electron chi connectivity index (χ1n) is 6.24. The van der Waals surface area contributed by atoms with Crippen molar-refractivity contribution in [3.63, 3.8) is 0 Å². The van der Waals surface area contributed by atoms with Crippen molar-refractivity contribution < 1.29 is 4.39 Å². The minimum atomic E-state index is -0.281. The van der Waals surface area contributed by atoms with Crippen LogP contribution in [-0.4, -0.2) is 9.97 Å². The maximum absolute atomic E-state index is 13.0. The Labute approximate surface area is 119 Å². The van der Waals surface area contributed by atoms with Gasteiger partial charge < -0.3 is 5.43 Å². The van der Waals surface area contributed by atoms with Crippen molar-refractivity contribution in [1.29, 1.82) is 0 Å². The van der Waals surface area contributed by atoms with Crippen LogP contribution in [0.5, 0.6) is 0 Å². The molecule has 6 heteroatoms. The van der Waals surface area contributed by atoms with Crippen molar-refractivity contribution in [2.45, 2.75) is 13.3 Å². The first kappa shape index (κ1) is 13.0. The molecule has 0 bridgehead atoms. The Morgan fingerprint density at radius 2 is 2.00 bits per heavy atom. The first-order valence-corrected chi connectivity index (χ1v) is 7.06. The molecule has 1 aromatic carbocycles. The van der Waals surface area contributed by atoms with Gasteiger partial charge in [0, 0.05) is 10.4 Å². The third kappa shape index (κ3) is 2.23. The number of nitrogen functional groups attached to an aromatic ring is 1. The fourth-order valence-electron chi connectivity index (χ4n) is 1.98. The van der Waals surface area contributed by atoms with Gasteiger partial charge in [-0.3, -0.25) is 0 Å². The molecule has 102 valence electrons. The molecule has 0 atom stereocenters. The van der Waals surface area contributed by atoms with Crippen molar-refractivity contribution in [3.8, 4) is 11.4 Å². The van der Waals surface area contributed by atoms with Crippen molar-refractivity contribution in [3.05, 3.63) is 41.0 Å². The number of halogens is 1. The molecule has 0 saturated carbocycles. The normalized spacial score (nSPS) is 10.9. The molecule has 0 aliphatic rings. The molecule has 3 aromatic rings. The summed E-state index contributed by atoms with van der Waals surface area (Å²) in [7, 11) is 0. The number of anilines is 1. The lowest BCUT2D eigenvalue weighted by Crippen LogP contribution is -2.09. The van der Waals surface area contributed by atoms with E-state index < -0.39 is 0 Å². The fourth-order valence-corrected chi connectivity index (χ4v) is 2.95. The van der Waals surface area contributed by atoms with Gasteiger partial charge in [0.15, 0.2) is 11.6 Å². The van der Waals surface area contributed by atoms with Gasteiger partial charge in [0.1, 0.15) is 10.6 Å². The van der Waals surface area contributed by atoms with Crippen LogP contribution in [0.25, 0.3) is 21.6 Å². The van der Waals surface area contributed by atoms with E-state index in [1.165, 1.54) is 17.0 Å². The summed E-state index contributed by atoms with van der Waals surface area (Å²) in [6, 6.07) is 8.15. The Bertz CT molecular complexity index is 752. The molecule has 4 nitrogen and oxygen atoms in total. The van der Waals surface area contributed by atoms with Crippen LogP contribution in [0.1, 0.15) is 11.8 Å². The fraction of sp³-hybridized carbons (Fsp3) is 0.143. The van der Waals surface area contributed by atoms with Gasteiger partial charge in [0.05, 0.1) is 5.39 Å². The highest BCUT2D eigenvalue weighted by molar-refractivity contribution is 7.18. The summed E-state index contributed by atoms with van der Waals surface area (Å²) in [6.45, 7) is 2.09. The molecule has 2 aromatic heterocycles. The number of nitrogens with two attached hydrogens (primary N) is 1. The Morgan fingerprint density at radius 3 is 2.65 bits per heavy atom. The zero-order valence-corrected chi connectivity index (χ0v) is 11.7. The summed E-state index contributed by atoms with van der Waals surface area (Å²) in [6.07, 6.45) is 0.941. The maximum atomic E-state index is 13.0. The monoisotopic (exact) mass is 288 g/mol. The molecule has 3 N–H and O–H groups in total. The Kier molecular flexibility index (Phi) is 3.33. The quantitative estimate of drug-likeness (QED) is 0.573. The van der Waals surface area contributed by atoms with Gasteiger partial charge in [0.2, 0.25) is 0 Å². The highest BCUT2D eigenvalue weighted by Gasteiger charge is 2.11. The topological polar surface area (TPSA) is 63.8 Å². The van der Waals surface area contributed by atoms with E-state index in [1.54, 1.807) is 23.5 Å². The smallest absolute Gasteiger partial charge is 0.163 e. The van der Waals surface area contributed by atoms with Crippen LogP contribution >= 0.6 is 11.3 Å². The number of benzene rings is 1. The molecule has 3 rings (SSSR count). The van der Waals surface area contributed by atoms with Crippen LogP contribution in [-0.2, 0) is 6.42 Å². The minimum absolute atomic E-state index is 0.281. The predicted molar refractivity (Wildman–Crippen MR) is 80.0 cm³/mol. The minimum Gasteiger partial charge on any atom is -0.308 e. The number of aromatic nitrogens is 2. The Morgan fingerprint density at radius 1 is 1.25 bits per heavy atom. The van der Waals surface area contributed by atoms with Gasteiger partial charge in [-0.2, -0.15) is 0 Å². The lowest BCUT2D eigenvalue weighted by molar-refractivity contribution is 0.628. The summed E-state index contributed by atoms with van der Waals surface area (Å²) in [4.78, 5) is 11.0. The zero-order chi connectivity index (χ0) is 14.1. The second-order valence-corrected chi connectivity index (χ2v) is 5.45. The third-order valence-corrected chi connectivity index (χ3v) is 4.20. The van der Waals surface area contributed by atoms with Crippen molar-refractivity contribution in [2.24, 2.45) is 5.84 Å². The highest BCUT2D eigenvalue weighted by Crippen LogP contribution is 2.31. The number of nitrogens with zero attached hydrogens (tertiary/aromatic N) is 2. The maximum Gasteiger partial charge on any atom is 0.163 e. The summed E-state index contributed by atoms with van der Waals surface area (Å²) in [5, 5.41) is 0.917. The number of hydrogen-bond acceptors (Lipinski definition) is 5. The van der Waals surface area contributed by atoms with E-state index in [9.17, 15) is 4.39 Å². The molecule has 0 unspecified atom stereocenters. The van der Waals surface area contributed by atoms with E-state index in [1.807, 2.05) is 6.07 Å². The highest BCUT2D eigenvalue weighted by atomic mass is 32.1. The Balaban J connectivity index is 2.18. The van der Waals surface area contributed by atoms with Gasteiger partial charge in [-0.25, -0.2) is 20.2 Å². The largest absolute Gasteiger partial charge is 0.308 e. The average molecular weight is 288 g/mol. The van der Waals surface area contributed by atoms with Gasteiger partial charge in [0.25, 0.3) is 0 Å².